The highest BCUT2D eigenvalue weighted by molar-refractivity contribution is 5.81. The zero-order valence-electron chi connectivity index (χ0n) is 17.8. The number of carbonyl (C=O) groups is 1. The number of hydrogen-bond donors (Lipinski definition) is 1. The lowest BCUT2D eigenvalue weighted by molar-refractivity contribution is -0.384. The number of ether oxygens (including phenoxy) is 2. The number of pyridine rings is 1. The molecule has 1 aromatic carbocycles. The Morgan fingerprint density at radius 2 is 2.09 bits per heavy atom. The van der Waals surface area contributed by atoms with Crippen LogP contribution in [0.5, 0.6) is 5.88 Å². The van der Waals surface area contributed by atoms with E-state index in [1.807, 2.05) is 6.07 Å². The van der Waals surface area contributed by atoms with E-state index >= 15 is 0 Å². The SMILES string of the molecule is COCc1cc(C)nc(OCC(=O)NN=Cc2ccc(-c3ccc([N+](=O)[O-])cc3)o2)c1C#N. The smallest absolute Gasteiger partial charge is 0.278 e. The van der Waals surface area contributed by atoms with Crippen LogP contribution >= 0.6 is 0 Å². The van der Waals surface area contributed by atoms with Gasteiger partial charge in [-0.2, -0.15) is 10.4 Å². The van der Waals surface area contributed by atoms with Gasteiger partial charge in [-0.3, -0.25) is 14.9 Å². The molecule has 0 unspecified atom stereocenters. The van der Waals surface area contributed by atoms with Gasteiger partial charge >= 0.3 is 0 Å². The normalized spacial score (nSPS) is 10.7. The molecule has 0 atom stereocenters. The first-order chi connectivity index (χ1) is 15.9. The summed E-state index contributed by atoms with van der Waals surface area (Å²) in [5.74, 6) is 0.333. The van der Waals surface area contributed by atoms with Crippen LogP contribution in [0.4, 0.5) is 5.69 Å². The van der Waals surface area contributed by atoms with Crippen LogP contribution in [0.1, 0.15) is 22.6 Å². The lowest BCUT2D eigenvalue weighted by atomic mass is 10.1. The zero-order chi connectivity index (χ0) is 23.8. The number of non-ortho nitro benzene ring substituents is 1. The van der Waals surface area contributed by atoms with Crippen LogP contribution < -0.4 is 10.2 Å². The van der Waals surface area contributed by atoms with Crippen LogP contribution in [0.15, 0.2) is 52.0 Å². The van der Waals surface area contributed by atoms with Gasteiger partial charge in [-0.15, -0.1) is 0 Å². The molecule has 0 fully saturated rings. The second-order valence-electron chi connectivity index (χ2n) is 6.74. The molecule has 0 aliphatic rings. The number of nitro groups is 1. The third-order valence-electron chi connectivity index (χ3n) is 4.32. The highest BCUT2D eigenvalue weighted by Gasteiger charge is 2.14. The van der Waals surface area contributed by atoms with E-state index in [0.717, 1.165) is 0 Å². The van der Waals surface area contributed by atoms with Gasteiger partial charge in [-0.25, -0.2) is 10.4 Å². The zero-order valence-corrected chi connectivity index (χ0v) is 17.8. The molecule has 1 N–H and O–H groups in total. The Morgan fingerprint density at radius 1 is 1.33 bits per heavy atom. The van der Waals surface area contributed by atoms with Crippen molar-refractivity contribution in [3.8, 4) is 23.3 Å². The highest BCUT2D eigenvalue weighted by Crippen LogP contribution is 2.24. The Balaban J connectivity index is 1.57. The number of nitrogens with one attached hydrogen (secondary N) is 1. The van der Waals surface area contributed by atoms with Crippen LogP contribution in [-0.4, -0.2) is 35.7 Å². The monoisotopic (exact) mass is 449 g/mol. The number of carbonyl (C=O) groups excluding carboxylic acids is 1. The van der Waals surface area contributed by atoms with Gasteiger partial charge in [0.25, 0.3) is 11.6 Å². The van der Waals surface area contributed by atoms with Crippen LogP contribution in [0.3, 0.4) is 0 Å². The summed E-state index contributed by atoms with van der Waals surface area (Å²) in [6, 6.07) is 13.0. The average Bonchev–Trinajstić information content (AvgIpc) is 3.26. The number of nitro benzene ring substituents is 1. The number of methoxy groups -OCH3 is 1. The fourth-order valence-electron chi connectivity index (χ4n) is 2.86. The topological polar surface area (TPSA) is 153 Å². The van der Waals surface area contributed by atoms with Crippen molar-refractivity contribution in [1.82, 2.24) is 10.4 Å². The molecular formula is C22H19N5O6. The number of aromatic nitrogens is 1. The number of nitriles is 1. The van der Waals surface area contributed by atoms with Crippen molar-refractivity contribution < 1.29 is 23.6 Å². The first-order valence-electron chi connectivity index (χ1n) is 9.60. The maximum Gasteiger partial charge on any atom is 0.278 e. The first kappa shape index (κ1) is 23.1. The van der Waals surface area contributed by atoms with Crippen molar-refractivity contribution in [2.75, 3.05) is 13.7 Å². The molecule has 2 aromatic heterocycles. The van der Waals surface area contributed by atoms with Gasteiger partial charge in [0.1, 0.15) is 23.2 Å². The second-order valence-corrected chi connectivity index (χ2v) is 6.74. The number of amides is 1. The predicted molar refractivity (Wildman–Crippen MR) is 116 cm³/mol. The third-order valence-corrected chi connectivity index (χ3v) is 4.32. The van der Waals surface area contributed by atoms with Gasteiger partial charge in [-0.1, -0.05) is 0 Å². The molecule has 0 aliphatic heterocycles. The van der Waals surface area contributed by atoms with Crippen LogP contribution in [0, 0.1) is 28.4 Å². The molecule has 3 aromatic rings. The van der Waals surface area contributed by atoms with Gasteiger partial charge in [0.15, 0.2) is 6.61 Å². The van der Waals surface area contributed by atoms with E-state index in [2.05, 4.69) is 15.5 Å². The van der Waals surface area contributed by atoms with Crippen molar-refractivity contribution in [2.45, 2.75) is 13.5 Å². The summed E-state index contributed by atoms with van der Waals surface area (Å²) < 4.78 is 16.1. The summed E-state index contributed by atoms with van der Waals surface area (Å²) >= 11 is 0. The Hall–Kier alpha value is -4.56. The Morgan fingerprint density at radius 3 is 2.76 bits per heavy atom. The van der Waals surface area contributed by atoms with E-state index in [0.29, 0.717) is 28.3 Å². The largest absolute Gasteiger partial charge is 0.467 e. The molecule has 0 saturated heterocycles. The molecule has 2 heterocycles. The summed E-state index contributed by atoms with van der Waals surface area (Å²) in [6.07, 6.45) is 1.30. The minimum Gasteiger partial charge on any atom is -0.467 e. The van der Waals surface area contributed by atoms with E-state index < -0.39 is 17.4 Å². The number of benzene rings is 1. The molecule has 3 rings (SSSR count). The lowest BCUT2D eigenvalue weighted by Gasteiger charge is -2.10. The molecule has 0 saturated carbocycles. The molecule has 33 heavy (non-hydrogen) atoms. The summed E-state index contributed by atoms with van der Waals surface area (Å²) in [5.41, 5.74) is 4.37. The molecule has 0 radical (unpaired) electrons. The number of hydrogen-bond acceptors (Lipinski definition) is 9. The molecule has 0 aliphatic carbocycles. The number of rotatable bonds is 9. The fraction of sp³-hybridized carbons (Fsp3) is 0.182. The van der Waals surface area contributed by atoms with E-state index in [-0.39, 0.29) is 23.7 Å². The van der Waals surface area contributed by atoms with Gasteiger partial charge in [-0.05, 0) is 37.3 Å². The summed E-state index contributed by atoms with van der Waals surface area (Å²) in [4.78, 5) is 26.5. The van der Waals surface area contributed by atoms with Gasteiger partial charge < -0.3 is 13.9 Å². The Kier molecular flexibility index (Phi) is 7.46. The summed E-state index contributed by atoms with van der Waals surface area (Å²) in [5, 5.41) is 23.9. The van der Waals surface area contributed by atoms with Gasteiger partial charge in [0.2, 0.25) is 5.88 Å². The van der Waals surface area contributed by atoms with Gasteiger partial charge in [0, 0.05) is 36.1 Å². The Bertz CT molecular complexity index is 1230. The summed E-state index contributed by atoms with van der Waals surface area (Å²) in [6.45, 7) is 1.55. The number of nitrogens with zero attached hydrogens (tertiary/aromatic N) is 4. The van der Waals surface area contributed by atoms with Crippen molar-refractivity contribution in [2.24, 2.45) is 5.10 Å². The number of furan rings is 1. The predicted octanol–water partition coefficient (Wildman–Crippen LogP) is 3.11. The molecule has 11 nitrogen and oxygen atoms in total. The van der Waals surface area contributed by atoms with Crippen LogP contribution in [-0.2, 0) is 16.1 Å². The maximum absolute atomic E-state index is 12.0. The van der Waals surface area contributed by atoms with E-state index in [1.165, 1.54) is 25.5 Å². The minimum absolute atomic E-state index is 0.0188. The molecular weight excluding hydrogens is 430 g/mol. The quantitative estimate of drug-likeness (QED) is 0.297. The van der Waals surface area contributed by atoms with E-state index in [4.69, 9.17) is 13.9 Å². The molecule has 11 heteroatoms. The molecule has 1 amide bonds. The Labute approximate surface area is 188 Å². The average molecular weight is 449 g/mol. The maximum atomic E-state index is 12.0. The van der Waals surface area contributed by atoms with Crippen LogP contribution in [0.25, 0.3) is 11.3 Å². The van der Waals surface area contributed by atoms with Crippen molar-refractivity contribution in [3.05, 3.63) is 75.2 Å². The van der Waals surface area contributed by atoms with Crippen molar-refractivity contribution in [1.29, 1.82) is 5.26 Å². The lowest BCUT2D eigenvalue weighted by Crippen LogP contribution is -2.25. The number of hydrazone groups is 1. The highest BCUT2D eigenvalue weighted by atomic mass is 16.6. The van der Waals surface area contributed by atoms with E-state index in [1.54, 1.807) is 37.3 Å². The first-order valence-corrected chi connectivity index (χ1v) is 9.60. The van der Waals surface area contributed by atoms with Gasteiger partial charge in [0.05, 0.1) is 17.7 Å². The fourth-order valence-corrected chi connectivity index (χ4v) is 2.86. The second kappa shape index (κ2) is 10.7. The van der Waals surface area contributed by atoms with E-state index in [9.17, 15) is 20.2 Å². The van der Waals surface area contributed by atoms with Crippen molar-refractivity contribution >= 4 is 17.8 Å². The molecule has 0 bridgehead atoms. The molecule has 168 valence electrons. The summed E-state index contributed by atoms with van der Waals surface area (Å²) in [7, 11) is 1.51. The van der Waals surface area contributed by atoms with Crippen molar-refractivity contribution in [3.63, 3.8) is 0 Å². The van der Waals surface area contributed by atoms with Crippen LogP contribution in [0.2, 0.25) is 0 Å². The third kappa shape index (κ3) is 5.99. The molecule has 0 spiro atoms. The standard InChI is InChI=1S/C22H19N5O6/c1-14-9-16(12-31-2)19(10-23)22(25-14)32-13-21(28)26-24-11-18-7-8-20(33-18)15-3-5-17(6-4-15)27(29)30/h3-9,11H,12-13H2,1-2H3,(H,26,28). The minimum atomic E-state index is -0.561. The number of aryl methyl sites for hydroxylation is 1.